The third kappa shape index (κ3) is 5.32. The average molecular weight is 259 g/mol. The van der Waals surface area contributed by atoms with E-state index < -0.39 is 9.84 Å². The van der Waals surface area contributed by atoms with Crippen molar-refractivity contribution in [2.45, 2.75) is 25.8 Å². The first kappa shape index (κ1) is 14.2. The number of hydrogen-bond acceptors (Lipinski definition) is 4. The summed E-state index contributed by atoms with van der Waals surface area (Å²) < 4.78 is 24.0. The summed E-state index contributed by atoms with van der Waals surface area (Å²) in [5.74, 6) is 0.238. The lowest BCUT2D eigenvalue weighted by atomic mass is 10.1. The molecule has 1 atom stereocenters. The molecule has 1 rings (SSSR count). The number of sulfone groups is 1. The van der Waals surface area contributed by atoms with Crippen LogP contribution in [0, 0.1) is 0 Å². The van der Waals surface area contributed by atoms with Crippen molar-refractivity contribution in [1.82, 2.24) is 14.9 Å². The maximum Gasteiger partial charge on any atom is 0.147 e. The summed E-state index contributed by atoms with van der Waals surface area (Å²) >= 11 is 0. The Balaban J connectivity index is 2.55. The zero-order chi connectivity index (χ0) is 12.9. The normalized spacial score (nSPS) is 13.8. The van der Waals surface area contributed by atoms with Crippen LogP contribution in [0.1, 0.15) is 31.5 Å². The number of nitrogens with one attached hydrogen (secondary N) is 1. The van der Waals surface area contributed by atoms with Gasteiger partial charge in [0, 0.05) is 25.3 Å². The summed E-state index contributed by atoms with van der Waals surface area (Å²) in [7, 11) is -0.939. The standard InChI is InChI=1S/C11H21N3O2S/c1-4-12-10(6-5-7-17(3,15)16)11-8-14(2)9-13-11/h8-10,12H,4-7H2,1-3H3. The van der Waals surface area contributed by atoms with E-state index in [9.17, 15) is 8.42 Å². The van der Waals surface area contributed by atoms with Gasteiger partial charge in [0.25, 0.3) is 0 Å². The van der Waals surface area contributed by atoms with Crippen LogP contribution in [-0.2, 0) is 16.9 Å². The van der Waals surface area contributed by atoms with Gasteiger partial charge in [0.1, 0.15) is 9.84 Å². The van der Waals surface area contributed by atoms with Gasteiger partial charge < -0.3 is 9.88 Å². The molecule has 6 heteroatoms. The van der Waals surface area contributed by atoms with Crippen molar-refractivity contribution in [3.05, 3.63) is 18.2 Å². The van der Waals surface area contributed by atoms with E-state index in [1.165, 1.54) is 6.26 Å². The molecule has 0 aromatic carbocycles. The smallest absolute Gasteiger partial charge is 0.147 e. The van der Waals surface area contributed by atoms with Crippen LogP contribution in [0.4, 0.5) is 0 Å². The minimum absolute atomic E-state index is 0.142. The van der Waals surface area contributed by atoms with Gasteiger partial charge in [0.15, 0.2) is 0 Å². The minimum Gasteiger partial charge on any atom is -0.340 e. The average Bonchev–Trinajstić information content (AvgIpc) is 2.62. The fourth-order valence-electron chi connectivity index (χ4n) is 1.76. The van der Waals surface area contributed by atoms with Gasteiger partial charge in [0.2, 0.25) is 0 Å². The highest BCUT2D eigenvalue weighted by Crippen LogP contribution is 2.16. The molecule has 0 spiro atoms. The van der Waals surface area contributed by atoms with E-state index in [4.69, 9.17) is 0 Å². The van der Waals surface area contributed by atoms with Crippen molar-refractivity contribution in [3.63, 3.8) is 0 Å². The molecule has 0 fully saturated rings. The molecule has 0 amide bonds. The Bertz CT molecular complexity index is 439. The molecule has 5 nitrogen and oxygen atoms in total. The van der Waals surface area contributed by atoms with E-state index >= 15 is 0 Å². The first-order valence-corrected chi connectivity index (χ1v) is 7.87. The second-order valence-corrected chi connectivity index (χ2v) is 6.61. The number of aromatic nitrogens is 2. The lowest BCUT2D eigenvalue weighted by Gasteiger charge is -2.15. The highest BCUT2D eigenvalue weighted by atomic mass is 32.2. The Kier molecular flexibility index (Phi) is 5.14. The van der Waals surface area contributed by atoms with Crippen LogP contribution in [0.3, 0.4) is 0 Å². The van der Waals surface area contributed by atoms with Crippen LogP contribution < -0.4 is 5.32 Å². The summed E-state index contributed by atoms with van der Waals surface area (Å²) in [6.45, 7) is 2.88. The van der Waals surface area contributed by atoms with Gasteiger partial charge in [-0.25, -0.2) is 13.4 Å². The van der Waals surface area contributed by atoms with Crippen molar-refractivity contribution in [1.29, 1.82) is 0 Å². The van der Waals surface area contributed by atoms with E-state index in [2.05, 4.69) is 10.3 Å². The summed E-state index contributed by atoms with van der Waals surface area (Å²) in [6, 6.07) is 0.142. The van der Waals surface area contributed by atoms with Gasteiger partial charge >= 0.3 is 0 Å². The molecule has 0 aliphatic carbocycles. The SMILES string of the molecule is CCNC(CCCS(C)(=O)=O)c1cn(C)cn1. The Labute approximate surface area is 103 Å². The zero-order valence-corrected chi connectivity index (χ0v) is 11.5. The first-order chi connectivity index (χ1) is 7.92. The molecule has 1 heterocycles. The molecule has 0 aliphatic heterocycles. The molecule has 1 N–H and O–H groups in total. The molecule has 98 valence electrons. The van der Waals surface area contributed by atoms with Crippen molar-refractivity contribution >= 4 is 9.84 Å². The molecule has 1 unspecified atom stereocenters. The second kappa shape index (κ2) is 6.16. The van der Waals surface area contributed by atoms with Crippen molar-refractivity contribution in [3.8, 4) is 0 Å². The molecule has 1 aromatic rings. The number of rotatable bonds is 7. The van der Waals surface area contributed by atoms with Gasteiger partial charge in [0.05, 0.1) is 18.1 Å². The molecule has 17 heavy (non-hydrogen) atoms. The van der Waals surface area contributed by atoms with E-state index in [-0.39, 0.29) is 11.8 Å². The fourth-order valence-corrected chi connectivity index (χ4v) is 2.45. The summed E-state index contributed by atoms with van der Waals surface area (Å²) in [6.07, 6.45) is 6.45. The second-order valence-electron chi connectivity index (χ2n) is 4.35. The number of hydrogen-bond donors (Lipinski definition) is 1. The van der Waals surface area contributed by atoms with Gasteiger partial charge in [-0.2, -0.15) is 0 Å². The van der Waals surface area contributed by atoms with Crippen molar-refractivity contribution in [2.75, 3.05) is 18.6 Å². The van der Waals surface area contributed by atoms with Crippen molar-refractivity contribution < 1.29 is 8.42 Å². The molecular weight excluding hydrogens is 238 g/mol. The van der Waals surface area contributed by atoms with Crippen LogP contribution >= 0.6 is 0 Å². The maximum absolute atomic E-state index is 11.1. The molecule has 1 aromatic heterocycles. The topological polar surface area (TPSA) is 64.0 Å². The Morgan fingerprint density at radius 3 is 2.71 bits per heavy atom. The molecule has 0 radical (unpaired) electrons. The first-order valence-electron chi connectivity index (χ1n) is 5.81. The van der Waals surface area contributed by atoms with E-state index in [1.54, 1.807) is 6.33 Å². The van der Waals surface area contributed by atoms with Gasteiger partial charge in [-0.1, -0.05) is 6.92 Å². The minimum atomic E-state index is -2.87. The van der Waals surface area contributed by atoms with Gasteiger partial charge in [-0.15, -0.1) is 0 Å². The molecular formula is C11H21N3O2S. The van der Waals surface area contributed by atoms with E-state index in [1.807, 2.05) is 24.7 Å². The van der Waals surface area contributed by atoms with E-state index in [0.717, 1.165) is 18.7 Å². The Hall–Kier alpha value is -0.880. The predicted octanol–water partition coefficient (Wildman–Crippen LogP) is 0.895. The monoisotopic (exact) mass is 259 g/mol. The lowest BCUT2D eigenvalue weighted by molar-refractivity contribution is 0.497. The van der Waals surface area contributed by atoms with Gasteiger partial charge in [-0.3, -0.25) is 0 Å². The van der Waals surface area contributed by atoms with Crippen LogP contribution in [0.2, 0.25) is 0 Å². The molecule has 0 bridgehead atoms. The lowest BCUT2D eigenvalue weighted by Crippen LogP contribution is -2.22. The predicted molar refractivity (Wildman–Crippen MR) is 68.6 cm³/mol. The zero-order valence-electron chi connectivity index (χ0n) is 10.7. The molecule has 0 saturated carbocycles. The maximum atomic E-state index is 11.1. The van der Waals surface area contributed by atoms with Crippen LogP contribution in [0.5, 0.6) is 0 Å². The highest BCUT2D eigenvalue weighted by molar-refractivity contribution is 7.90. The van der Waals surface area contributed by atoms with E-state index in [0.29, 0.717) is 6.42 Å². The number of imidazole rings is 1. The summed E-state index contributed by atoms with van der Waals surface area (Å²) in [5.41, 5.74) is 0.975. The molecule has 0 aliphatic rings. The Morgan fingerprint density at radius 2 is 2.24 bits per heavy atom. The van der Waals surface area contributed by atoms with Crippen LogP contribution in [0.25, 0.3) is 0 Å². The van der Waals surface area contributed by atoms with Gasteiger partial charge in [-0.05, 0) is 19.4 Å². The third-order valence-corrected chi connectivity index (χ3v) is 3.57. The quantitative estimate of drug-likeness (QED) is 0.790. The highest BCUT2D eigenvalue weighted by Gasteiger charge is 2.13. The summed E-state index contributed by atoms with van der Waals surface area (Å²) in [4.78, 5) is 4.30. The third-order valence-electron chi connectivity index (χ3n) is 2.54. The largest absolute Gasteiger partial charge is 0.340 e. The molecule has 0 saturated heterocycles. The number of aryl methyl sites for hydroxylation is 1. The van der Waals surface area contributed by atoms with Crippen molar-refractivity contribution in [2.24, 2.45) is 7.05 Å². The summed E-state index contributed by atoms with van der Waals surface area (Å²) in [5, 5.41) is 3.33. The Morgan fingerprint density at radius 1 is 1.53 bits per heavy atom. The number of nitrogens with zero attached hydrogens (tertiary/aromatic N) is 2. The fraction of sp³-hybridized carbons (Fsp3) is 0.727. The van der Waals surface area contributed by atoms with Crippen LogP contribution in [-0.4, -0.2) is 36.5 Å². The van der Waals surface area contributed by atoms with Crippen LogP contribution in [0.15, 0.2) is 12.5 Å².